The van der Waals surface area contributed by atoms with Gasteiger partial charge < -0.3 is 39.1 Å². The summed E-state index contributed by atoms with van der Waals surface area (Å²) in [6.07, 6.45) is 0. The first-order valence-electron chi connectivity index (χ1n) is 16.9. The van der Waals surface area contributed by atoms with Crippen LogP contribution in [0.4, 0.5) is 11.4 Å². The zero-order valence-electron chi connectivity index (χ0n) is 29.1. The van der Waals surface area contributed by atoms with Crippen LogP contribution in [0, 0.1) is 0 Å². The highest BCUT2D eigenvalue weighted by Crippen LogP contribution is 2.31. The smallest absolute Gasteiger partial charge is 0.255 e. The van der Waals surface area contributed by atoms with Crippen molar-refractivity contribution in [2.45, 2.75) is 0 Å². The Balaban J connectivity index is 0.879. The SMILES string of the molecule is COc1cc(C(=O)Nc2cccc3ccccc23)ccc1OCCOCCOCCOc1ccc(C(=O)Nc2cccc3ccccc23)cc1OC. The molecule has 0 radical (unpaired) electrons. The van der Waals surface area contributed by atoms with Gasteiger partial charge in [-0.25, -0.2) is 0 Å². The number of benzene rings is 6. The minimum atomic E-state index is -0.246. The van der Waals surface area contributed by atoms with Crippen molar-refractivity contribution in [2.75, 3.05) is 64.5 Å². The van der Waals surface area contributed by atoms with E-state index < -0.39 is 0 Å². The van der Waals surface area contributed by atoms with Gasteiger partial charge in [0, 0.05) is 33.3 Å². The van der Waals surface area contributed by atoms with E-state index in [1.54, 1.807) is 36.4 Å². The van der Waals surface area contributed by atoms with Crippen LogP contribution in [0.1, 0.15) is 20.7 Å². The Morgan fingerprint density at radius 2 is 0.865 bits per heavy atom. The summed E-state index contributed by atoms with van der Waals surface area (Å²) in [5.41, 5.74) is 2.37. The molecule has 2 N–H and O–H groups in total. The number of carbonyl (C=O) groups excluding carboxylic acids is 2. The number of methoxy groups -OCH3 is 2. The van der Waals surface area contributed by atoms with E-state index >= 15 is 0 Å². The van der Waals surface area contributed by atoms with E-state index in [9.17, 15) is 9.59 Å². The van der Waals surface area contributed by atoms with Gasteiger partial charge in [0.05, 0.1) is 40.6 Å². The van der Waals surface area contributed by atoms with Crippen LogP contribution in [0.15, 0.2) is 121 Å². The summed E-state index contributed by atoms with van der Waals surface area (Å²) in [6, 6.07) is 37.5. The molecular weight excluding hydrogens is 660 g/mol. The van der Waals surface area contributed by atoms with Crippen molar-refractivity contribution in [1.29, 1.82) is 0 Å². The van der Waals surface area contributed by atoms with E-state index in [1.165, 1.54) is 14.2 Å². The first kappa shape index (κ1) is 35.7. The van der Waals surface area contributed by atoms with Crippen molar-refractivity contribution < 1.29 is 38.0 Å². The molecule has 0 unspecified atom stereocenters. The Morgan fingerprint density at radius 3 is 1.31 bits per heavy atom. The second-order valence-corrected chi connectivity index (χ2v) is 11.6. The number of anilines is 2. The Morgan fingerprint density at radius 1 is 0.462 bits per heavy atom. The van der Waals surface area contributed by atoms with Gasteiger partial charge in [0.1, 0.15) is 13.2 Å². The van der Waals surface area contributed by atoms with E-state index in [0.29, 0.717) is 60.6 Å². The van der Waals surface area contributed by atoms with Crippen LogP contribution in [0.25, 0.3) is 21.5 Å². The molecule has 0 fully saturated rings. The van der Waals surface area contributed by atoms with Gasteiger partial charge in [-0.3, -0.25) is 9.59 Å². The number of rotatable bonds is 17. The molecule has 0 aliphatic heterocycles. The highest BCUT2D eigenvalue weighted by Gasteiger charge is 2.14. The van der Waals surface area contributed by atoms with Gasteiger partial charge in [0.25, 0.3) is 11.8 Å². The third kappa shape index (κ3) is 8.97. The van der Waals surface area contributed by atoms with Crippen molar-refractivity contribution in [2.24, 2.45) is 0 Å². The number of hydrogen-bond acceptors (Lipinski definition) is 8. The molecular formula is C42H40N2O8. The van der Waals surface area contributed by atoms with Crippen LogP contribution < -0.4 is 29.6 Å². The second-order valence-electron chi connectivity index (χ2n) is 11.6. The van der Waals surface area contributed by atoms with Gasteiger partial charge in [-0.1, -0.05) is 72.8 Å². The average Bonchev–Trinajstić information content (AvgIpc) is 3.18. The van der Waals surface area contributed by atoms with E-state index in [0.717, 1.165) is 32.9 Å². The van der Waals surface area contributed by atoms with Crippen molar-refractivity contribution in [3.63, 3.8) is 0 Å². The summed E-state index contributed by atoms with van der Waals surface area (Å²) >= 11 is 0. The molecule has 0 aromatic heterocycles. The Labute approximate surface area is 302 Å². The van der Waals surface area contributed by atoms with Gasteiger partial charge in [-0.05, 0) is 59.3 Å². The predicted octanol–water partition coefficient (Wildman–Crippen LogP) is 8.01. The summed E-state index contributed by atoms with van der Waals surface area (Å²) in [6.45, 7) is 2.00. The summed E-state index contributed by atoms with van der Waals surface area (Å²) in [5.74, 6) is 1.42. The number of amides is 2. The molecule has 6 aromatic carbocycles. The minimum Gasteiger partial charge on any atom is -0.493 e. The molecule has 52 heavy (non-hydrogen) atoms. The maximum atomic E-state index is 13.0. The minimum absolute atomic E-state index is 0.246. The van der Waals surface area contributed by atoms with Crippen LogP contribution in [-0.4, -0.2) is 65.7 Å². The molecule has 0 saturated heterocycles. The maximum absolute atomic E-state index is 13.0. The fourth-order valence-electron chi connectivity index (χ4n) is 5.66. The summed E-state index contributed by atoms with van der Waals surface area (Å²) in [4.78, 5) is 26.0. The number of nitrogens with one attached hydrogen (secondary N) is 2. The molecule has 0 heterocycles. The second kappa shape index (κ2) is 17.7. The predicted molar refractivity (Wildman–Crippen MR) is 202 cm³/mol. The van der Waals surface area contributed by atoms with Crippen molar-refractivity contribution in [3.8, 4) is 23.0 Å². The topological polar surface area (TPSA) is 114 Å². The summed E-state index contributed by atoms with van der Waals surface area (Å²) in [7, 11) is 3.06. The zero-order chi connectivity index (χ0) is 36.1. The molecule has 0 atom stereocenters. The third-order valence-corrected chi connectivity index (χ3v) is 8.27. The van der Waals surface area contributed by atoms with Crippen molar-refractivity contribution in [1.82, 2.24) is 0 Å². The number of fused-ring (bicyclic) bond motifs is 2. The Bertz CT molecular complexity index is 1990. The van der Waals surface area contributed by atoms with Crippen molar-refractivity contribution >= 4 is 44.7 Å². The van der Waals surface area contributed by atoms with Gasteiger partial charge in [0.15, 0.2) is 23.0 Å². The molecule has 6 rings (SSSR count). The standard InChI is InChI=1S/C42H40N2O8/c1-47-39-27-31(41(45)43-35-15-7-11-29-9-3-5-13-33(29)35)17-19-37(39)51-25-23-49-21-22-50-24-26-52-38-20-18-32(28-40(38)48-2)42(46)44-36-16-8-12-30-10-4-6-14-34(30)36/h3-20,27-28H,21-26H2,1-2H3,(H,43,45)(H,44,46). The normalized spacial score (nSPS) is 10.9. The molecule has 0 saturated carbocycles. The maximum Gasteiger partial charge on any atom is 0.255 e. The van der Waals surface area contributed by atoms with Gasteiger partial charge in [0.2, 0.25) is 0 Å². The van der Waals surface area contributed by atoms with E-state index in [1.807, 2.05) is 84.9 Å². The Hall–Kier alpha value is -6.10. The molecule has 0 aliphatic rings. The van der Waals surface area contributed by atoms with Crippen LogP contribution in [-0.2, 0) is 9.47 Å². The molecule has 10 nitrogen and oxygen atoms in total. The van der Waals surface area contributed by atoms with Gasteiger partial charge in [-0.15, -0.1) is 0 Å². The van der Waals surface area contributed by atoms with E-state index in [-0.39, 0.29) is 25.0 Å². The average molecular weight is 701 g/mol. The third-order valence-electron chi connectivity index (χ3n) is 8.27. The largest absolute Gasteiger partial charge is 0.493 e. The van der Waals surface area contributed by atoms with Crippen LogP contribution >= 0.6 is 0 Å². The lowest BCUT2D eigenvalue weighted by atomic mass is 10.1. The molecule has 2 amide bonds. The Kier molecular flexibility index (Phi) is 12.2. The van der Waals surface area contributed by atoms with Gasteiger partial charge in [-0.2, -0.15) is 0 Å². The van der Waals surface area contributed by atoms with E-state index in [2.05, 4.69) is 10.6 Å². The first-order chi connectivity index (χ1) is 25.5. The fraction of sp³-hybridized carbons (Fsp3) is 0.190. The lowest BCUT2D eigenvalue weighted by molar-refractivity contribution is 0.0269. The molecule has 0 spiro atoms. The van der Waals surface area contributed by atoms with Gasteiger partial charge >= 0.3 is 0 Å². The van der Waals surface area contributed by atoms with Crippen LogP contribution in [0.3, 0.4) is 0 Å². The first-order valence-corrected chi connectivity index (χ1v) is 16.9. The van der Waals surface area contributed by atoms with Crippen LogP contribution in [0.2, 0.25) is 0 Å². The summed E-state index contributed by atoms with van der Waals surface area (Å²) < 4.78 is 33.9. The van der Waals surface area contributed by atoms with Crippen molar-refractivity contribution in [3.05, 3.63) is 132 Å². The molecule has 10 heteroatoms. The number of carbonyl (C=O) groups is 2. The molecule has 266 valence electrons. The quantitative estimate of drug-likeness (QED) is 0.0921. The molecule has 0 aliphatic carbocycles. The molecule has 0 bridgehead atoms. The highest BCUT2D eigenvalue weighted by atomic mass is 16.6. The molecule has 6 aromatic rings. The lowest BCUT2D eigenvalue weighted by Crippen LogP contribution is -2.14. The number of hydrogen-bond donors (Lipinski definition) is 2. The lowest BCUT2D eigenvalue weighted by Gasteiger charge is -2.14. The van der Waals surface area contributed by atoms with E-state index in [4.69, 9.17) is 28.4 Å². The summed E-state index contributed by atoms with van der Waals surface area (Å²) in [5, 5.41) is 10.0. The zero-order valence-corrected chi connectivity index (χ0v) is 29.1. The van der Waals surface area contributed by atoms with Crippen LogP contribution in [0.5, 0.6) is 23.0 Å². The monoisotopic (exact) mass is 700 g/mol. The number of ether oxygens (including phenoxy) is 6. The fourth-order valence-corrected chi connectivity index (χ4v) is 5.66. The highest BCUT2D eigenvalue weighted by molar-refractivity contribution is 6.10.